The monoisotopic (exact) mass is 351 g/mol. The minimum Gasteiger partial charge on any atom is -0.478 e. The summed E-state index contributed by atoms with van der Waals surface area (Å²) in [5.41, 5.74) is 1.20. The van der Waals surface area contributed by atoms with Crippen molar-refractivity contribution in [2.24, 2.45) is 0 Å². The maximum Gasteiger partial charge on any atom is 0.335 e. The number of fused-ring (bicyclic) bond motifs is 1. The number of rotatable bonds is 3. The smallest absolute Gasteiger partial charge is 0.335 e. The van der Waals surface area contributed by atoms with Gasteiger partial charge in [0.1, 0.15) is 0 Å². The van der Waals surface area contributed by atoms with Gasteiger partial charge in [0.25, 0.3) is 11.7 Å². The summed E-state index contributed by atoms with van der Waals surface area (Å²) in [6, 6.07) is 8.65. The van der Waals surface area contributed by atoms with Crippen LogP contribution in [0.3, 0.4) is 0 Å². The number of hydrogen-bond acceptors (Lipinski definition) is 5. The lowest BCUT2D eigenvalue weighted by Gasteiger charge is -2.32. The average Bonchev–Trinajstić information content (AvgIpc) is 3.12. The average molecular weight is 351 g/mol. The third kappa shape index (κ3) is 3.01. The SMILES string of the molecule is O=C(O)c1cccc([C@H]2CCCN(C(=O)c3nc4ncccn4n3)C2)c1. The number of aromatic nitrogens is 4. The first-order valence-corrected chi connectivity index (χ1v) is 8.42. The molecule has 0 aliphatic carbocycles. The number of likely N-dealkylation sites (tertiary alicyclic amines) is 1. The Morgan fingerprint density at radius 3 is 2.92 bits per heavy atom. The van der Waals surface area contributed by atoms with Gasteiger partial charge in [0.15, 0.2) is 0 Å². The molecule has 0 spiro atoms. The molecule has 3 aromatic rings. The van der Waals surface area contributed by atoms with Crippen LogP contribution in [0.5, 0.6) is 0 Å². The summed E-state index contributed by atoms with van der Waals surface area (Å²) in [6.45, 7) is 1.15. The largest absolute Gasteiger partial charge is 0.478 e. The zero-order valence-corrected chi connectivity index (χ0v) is 13.9. The molecule has 0 saturated carbocycles. The maximum atomic E-state index is 12.8. The fourth-order valence-corrected chi connectivity index (χ4v) is 3.32. The lowest BCUT2D eigenvalue weighted by molar-refractivity contribution is 0.0683. The van der Waals surface area contributed by atoms with Crippen LogP contribution in [0, 0.1) is 0 Å². The summed E-state index contributed by atoms with van der Waals surface area (Å²) in [6.07, 6.45) is 5.06. The predicted octanol–water partition coefficient (Wildman–Crippen LogP) is 1.84. The van der Waals surface area contributed by atoms with Crippen LogP contribution in [0.2, 0.25) is 0 Å². The van der Waals surface area contributed by atoms with Crippen molar-refractivity contribution in [2.75, 3.05) is 13.1 Å². The highest BCUT2D eigenvalue weighted by Crippen LogP contribution is 2.28. The zero-order chi connectivity index (χ0) is 18.1. The molecular weight excluding hydrogens is 334 g/mol. The third-order valence-corrected chi connectivity index (χ3v) is 4.62. The van der Waals surface area contributed by atoms with Crippen LogP contribution in [0.4, 0.5) is 0 Å². The van der Waals surface area contributed by atoms with Crippen LogP contribution in [0.25, 0.3) is 5.78 Å². The van der Waals surface area contributed by atoms with Gasteiger partial charge in [-0.15, -0.1) is 5.10 Å². The van der Waals surface area contributed by atoms with Crippen LogP contribution in [0.15, 0.2) is 42.7 Å². The molecule has 1 atom stereocenters. The molecule has 1 fully saturated rings. The van der Waals surface area contributed by atoms with E-state index in [1.807, 2.05) is 6.07 Å². The highest BCUT2D eigenvalue weighted by atomic mass is 16.4. The molecule has 132 valence electrons. The minimum atomic E-state index is -0.947. The minimum absolute atomic E-state index is 0.0992. The summed E-state index contributed by atoms with van der Waals surface area (Å²) in [7, 11) is 0. The number of nitrogens with zero attached hydrogens (tertiary/aromatic N) is 5. The molecular formula is C18H17N5O3. The van der Waals surface area contributed by atoms with Gasteiger partial charge in [0, 0.05) is 31.4 Å². The van der Waals surface area contributed by atoms with Gasteiger partial charge in [-0.25, -0.2) is 14.3 Å². The second-order valence-corrected chi connectivity index (χ2v) is 6.32. The molecule has 1 aliphatic heterocycles. The highest BCUT2D eigenvalue weighted by molar-refractivity contribution is 5.91. The molecule has 0 radical (unpaired) electrons. The third-order valence-electron chi connectivity index (χ3n) is 4.62. The van der Waals surface area contributed by atoms with Crippen LogP contribution in [0.1, 0.15) is 45.3 Å². The van der Waals surface area contributed by atoms with E-state index in [-0.39, 0.29) is 23.2 Å². The number of piperidine rings is 1. The van der Waals surface area contributed by atoms with Gasteiger partial charge >= 0.3 is 5.97 Å². The molecule has 0 bridgehead atoms. The van der Waals surface area contributed by atoms with Crippen molar-refractivity contribution in [3.8, 4) is 0 Å². The van der Waals surface area contributed by atoms with E-state index < -0.39 is 5.97 Å². The van der Waals surface area contributed by atoms with Gasteiger partial charge in [0.05, 0.1) is 5.56 Å². The molecule has 2 aromatic heterocycles. The van der Waals surface area contributed by atoms with E-state index in [4.69, 9.17) is 0 Å². The fraction of sp³-hybridized carbons (Fsp3) is 0.278. The van der Waals surface area contributed by atoms with Crippen molar-refractivity contribution >= 4 is 17.7 Å². The second-order valence-electron chi connectivity index (χ2n) is 6.32. The Morgan fingerprint density at radius 2 is 2.12 bits per heavy atom. The molecule has 8 nitrogen and oxygen atoms in total. The first kappa shape index (κ1) is 16.2. The van der Waals surface area contributed by atoms with Crippen molar-refractivity contribution < 1.29 is 14.7 Å². The topological polar surface area (TPSA) is 101 Å². The summed E-state index contributed by atoms with van der Waals surface area (Å²) in [5.74, 6) is -0.559. The Balaban J connectivity index is 1.55. The Hall–Kier alpha value is -3.29. The van der Waals surface area contributed by atoms with Crippen molar-refractivity contribution in [3.05, 3.63) is 59.7 Å². The Bertz CT molecular complexity index is 951. The number of carbonyl (C=O) groups is 2. The summed E-state index contributed by atoms with van der Waals surface area (Å²) < 4.78 is 1.48. The van der Waals surface area contributed by atoms with Gasteiger partial charge < -0.3 is 10.0 Å². The van der Waals surface area contributed by atoms with Crippen LogP contribution >= 0.6 is 0 Å². The van der Waals surface area contributed by atoms with Crippen LogP contribution < -0.4 is 0 Å². The van der Waals surface area contributed by atoms with Gasteiger partial charge in [-0.3, -0.25) is 4.79 Å². The maximum absolute atomic E-state index is 12.8. The molecule has 4 rings (SSSR count). The Morgan fingerprint density at radius 1 is 1.23 bits per heavy atom. The van der Waals surface area contributed by atoms with Crippen molar-refractivity contribution in [1.82, 2.24) is 24.5 Å². The van der Waals surface area contributed by atoms with Gasteiger partial charge in [0.2, 0.25) is 5.82 Å². The normalized spacial score (nSPS) is 17.4. The Kier molecular flexibility index (Phi) is 4.08. The molecule has 1 aromatic carbocycles. The van der Waals surface area contributed by atoms with Crippen molar-refractivity contribution in [3.63, 3.8) is 0 Å². The first-order chi connectivity index (χ1) is 12.6. The van der Waals surface area contributed by atoms with E-state index in [2.05, 4.69) is 15.1 Å². The molecule has 1 aliphatic rings. The number of carbonyl (C=O) groups excluding carboxylic acids is 1. The fourth-order valence-electron chi connectivity index (χ4n) is 3.32. The number of hydrogen-bond donors (Lipinski definition) is 1. The zero-order valence-electron chi connectivity index (χ0n) is 13.9. The molecule has 0 unspecified atom stereocenters. The Labute approximate surface area is 149 Å². The standard InChI is InChI=1S/C18H17N5O3/c24-16(15-20-18-19-7-3-9-23(18)21-15)22-8-2-6-14(11-22)12-4-1-5-13(10-12)17(25)26/h1,3-5,7,9-10,14H,2,6,8,11H2,(H,25,26)/t14-/m0/s1. The second kappa shape index (κ2) is 6.55. The number of carboxylic acids is 1. The van der Waals surface area contributed by atoms with Crippen molar-refractivity contribution in [2.45, 2.75) is 18.8 Å². The molecule has 8 heteroatoms. The molecule has 3 heterocycles. The number of amides is 1. The van der Waals surface area contributed by atoms with E-state index in [9.17, 15) is 14.7 Å². The van der Waals surface area contributed by atoms with Crippen molar-refractivity contribution in [1.29, 1.82) is 0 Å². The number of carboxylic acid groups (broad SMARTS) is 1. The van der Waals surface area contributed by atoms with Gasteiger partial charge in [-0.05, 0) is 36.6 Å². The first-order valence-electron chi connectivity index (χ1n) is 8.42. The summed E-state index contributed by atoms with van der Waals surface area (Å²) in [4.78, 5) is 34.0. The lowest BCUT2D eigenvalue weighted by Crippen LogP contribution is -2.39. The van der Waals surface area contributed by atoms with E-state index in [1.54, 1.807) is 41.6 Å². The number of benzene rings is 1. The molecule has 1 N–H and O–H groups in total. The molecule has 26 heavy (non-hydrogen) atoms. The van der Waals surface area contributed by atoms with Gasteiger partial charge in [-0.2, -0.15) is 4.98 Å². The van der Waals surface area contributed by atoms with E-state index in [1.165, 1.54) is 4.52 Å². The summed E-state index contributed by atoms with van der Waals surface area (Å²) >= 11 is 0. The van der Waals surface area contributed by atoms with Crippen LogP contribution in [-0.2, 0) is 0 Å². The quantitative estimate of drug-likeness (QED) is 0.773. The van der Waals surface area contributed by atoms with Crippen LogP contribution in [-0.4, -0.2) is 54.6 Å². The van der Waals surface area contributed by atoms with E-state index in [0.717, 1.165) is 18.4 Å². The molecule has 1 amide bonds. The molecule has 1 saturated heterocycles. The number of aromatic carboxylic acids is 1. The van der Waals surface area contributed by atoms with E-state index in [0.29, 0.717) is 18.9 Å². The summed E-state index contributed by atoms with van der Waals surface area (Å²) in [5, 5.41) is 13.4. The van der Waals surface area contributed by atoms with E-state index >= 15 is 0 Å². The van der Waals surface area contributed by atoms with Gasteiger partial charge in [-0.1, -0.05) is 12.1 Å². The highest BCUT2D eigenvalue weighted by Gasteiger charge is 2.28. The predicted molar refractivity (Wildman–Crippen MR) is 92.1 cm³/mol. The lowest BCUT2D eigenvalue weighted by atomic mass is 9.89.